The van der Waals surface area contributed by atoms with Crippen LogP contribution in [0.5, 0.6) is 5.75 Å². The summed E-state index contributed by atoms with van der Waals surface area (Å²) in [5, 5.41) is 3.84. The summed E-state index contributed by atoms with van der Waals surface area (Å²) in [4.78, 5) is 25.2. The van der Waals surface area contributed by atoms with Crippen molar-refractivity contribution in [3.8, 4) is 16.5 Å². The zero-order valence-electron chi connectivity index (χ0n) is 16.7. The summed E-state index contributed by atoms with van der Waals surface area (Å²) in [5.74, 6) is 0.844. The van der Waals surface area contributed by atoms with Gasteiger partial charge in [-0.25, -0.2) is 4.98 Å². The summed E-state index contributed by atoms with van der Waals surface area (Å²) in [5.41, 5.74) is 3.66. The van der Waals surface area contributed by atoms with Crippen LogP contribution in [0, 0.1) is 0 Å². The Morgan fingerprint density at radius 3 is 2.70 bits per heavy atom. The number of rotatable bonds is 4. The molecule has 0 atom stereocenters. The lowest BCUT2D eigenvalue weighted by Gasteiger charge is -2.35. The quantitative estimate of drug-likeness (QED) is 0.538. The van der Waals surface area contributed by atoms with Crippen molar-refractivity contribution in [3.63, 3.8) is 0 Å². The third kappa shape index (κ3) is 3.52. The molecule has 30 heavy (non-hydrogen) atoms. The highest BCUT2D eigenvalue weighted by molar-refractivity contribution is 7.13. The number of H-pyrrole nitrogens is 1. The van der Waals surface area contributed by atoms with Crippen molar-refractivity contribution in [3.05, 3.63) is 65.7 Å². The maximum Gasteiger partial charge on any atom is 0.273 e. The highest BCUT2D eigenvalue weighted by Gasteiger charge is 2.24. The first-order valence-corrected chi connectivity index (χ1v) is 10.8. The van der Waals surface area contributed by atoms with Crippen molar-refractivity contribution in [2.24, 2.45) is 0 Å². The predicted molar refractivity (Wildman–Crippen MR) is 121 cm³/mol. The number of thiazole rings is 1. The number of fused-ring (bicyclic) bond motifs is 1. The highest BCUT2D eigenvalue weighted by atomic mass is 32.1. The molecule has 152 valence electrons. The molecule has 0 spiro atoms. The van der Waals surface area contributed by atoms with Gasteiger partial charge in [0.1, 0.15) is 16.5 Å². The Hall–Kier alpha value is -3.32. The fourth-order valence-electron chi connectivity index (χ4n) is 3.82. The fraction of sp³-hybridized carbons (Fsp3) is 0.217. The van der Waals surface area contributed by atoms with Gasteiger partial charge in [0.2, 0.25) is 0 Å². The number of aromatic nitrogens is 2. The second-order valence-corrected chi connectivity index (χ2v) is 8.15. The number of amides is 1. The zero-order chi connectivity index (χ0) is 20.5. The summed E-state index contributed by atoms with van der Waals surface area (Å²) >= 11 is 1.50. The van der Waals surface area contributed by atoms with E-state index >= 15 is 0 Å². The van der Waals surface area contributed by atoms with E-state index in [0.717, 1.165) is 46.1 Å². The van der Waals surface area contributed by atoms with Crippen molar-refractivity contribution >= 4 is 33.8 Å². The van der Waals surface area contributed by atoms with E-state index in [1.54, 1.807) is 7.11 Å². The van der Waals surface area contributed by atoms with Crippen LogP contribution >= 0.6 is 11.3 Å². The molecule has 0 radical (unpaired) electrons. The number of ether oxygens (including phenoxy) is 1. The van der Waals surface area contributed by atoms with Crippen molar-refractivity contribution in [1.82, 2.24) is 14.9 Å². The number of aromatic amines is 1. The Kier molecular flexibility index (Phi) is 4.88. The number of carbonyl (C=O) groups excluding carboxylic acids is 1. The van der Waals surface area contributed by atoms with Gasteiger partial charge in [-0.1, -0.05) is 24.3 Å². The Bertz CT molecular complexity index is 1160. The molecule has 2 aromatic heterocycles. The van der Waals surface area contributed by atoms with Crippen molar-refractivity contribution in [1.29, 1.82) is 0 Å². The van der Waals surface area contributed by atoms with Crippen LogP contribution in [0.3, 0.4) is 0 Å². The van der Waals surface area contributed by atoms with Gasteiger partial charge < -0.3 is 19.5 Å². The van der Waals surface area contributed by atoms with E-state index in [2.05, 4.69) is 33.1 Å². The molecule has 6 nitrogen and oxygen atoms in total. The summed E-state index contributed by atoms with van der Waals surface area (Å²) in [6, 6.07) is 18.2. The van der Waals surface area contributed by atoms with Crippen LogP contribution in [0.4, 0.5) is 5.69 Å². The smallest absolute Gasteiger partial charge is 0.273 e. The molecule has 1 saturated heterocycles. The first-order chi connectivity index (χ1) is 14.7. The molecule has 7 heteroatoms. The van der Waals surface area contributed by atoms with Crippen LogP contribution in [0.2, 0.25) is 0 Å². The second-order valence-electron chi connectivity index (χ2n) is 7.29. The maximum absolute atomic E-state index is 13.0. The molecule has 0 unspecified atom stereocenters. The first kappa shape index (κ1) is 18.7. The van der Waals surface area contributed by atoms with E-state index in [4.69, 9.17) is 4.74 Å². The number of methoxy groups -OCH3 is 1. The molecule has 1 amide bonds. The number of hydrogen-bond donors (Lipinski definition) is 1. The topological polar surface area (TPSA) is 61.5 Å². The second kappa shape index (κ2) is 7.84. The van der Waals surface area contributed by atoms with Gasteiger partial charge in [0.15, 0.2) is 0 Å². The molecule has 1 fully saturated rings. The number of piperazine rings is 1. The van der Waals surface area contributed by atoms with Gasteiger partial charge in [0, 0.05) is 54.2 Å². The summed E-state index contributed by atoms with van der Waals surface area (Å²) < 4.78 is 5.32. The molecule has 0 bridgehead atoms. The minimum absolute atomic E-state index is 0.00102. The Morgan fingerprint density at radius 1 is 1.07 bits per heavy atom. The van der Waals surface area contributed by atoms with Gasteiger partial charge in [-0.2, -0.15) is 0 Å². The molecule has 1 aliphatic rings. The number of nitrogens with zero attached hydrogens (tertiary/aromatic N) is 3. The molecule has 3 heterocycles. The predicted octanol–water partition coefficient (Wildman–Crippen LogP) is 4.26. The van der Waals surface area contributed by atoms with Crippen LogP contribution in [-0.2, 0) is 0 Å². The highest BCUT2D eigenvalue weighted by Crippen LogP contribution is 2.28. The van der Waals surface area contributed by atoms with E-state index < -0.39 is 0 Å². The fourth-order valence-corrected chi connectivity index (χ4v) is 4.59. The van der Waals surface area contributed by atoms with Crippen LogP contribution in [0.15, 0.2) is 60.0 Å². The standard InChI is InChI=1S/C23H22N4O2S/c1-29-18-7-4-6-17(14-18)26-9-11-27(12-10-26)23(28)21-15-30-22(25-21)20-13-16-5-2-3-8-19(16)24-20/h2-8,13-15,24H,9-12H2,1H3. The Morgan fingerprint density at radius 2 is 1.90 bits per heavy atom. The van der Waals surface area contributed by atoms with Gasteiger partial charge in [-0.05, 0) is 24.3 Å². The van der Waals surface area contributed by atoms with Crippen LogP contribution in [0.1, 0.15) is 10.5 Å². The van der Waals surface area contributed by atoms with Gasteiger partial charge in [-0.15, -0.1) is 11.3 Å². The summed E-state index contributed by atoms with van der Waals surface area (Å²) in [6.07, 6.45) is 0. The third-order valence-corrected chi connectivity index (χ3v) is 6.34. The van der Waals surface area contributed by atoms with Gasteiger partial charge in [-0.3, -0.25) is 4.79 Å². The molecule has 1 N–H and O–H groups in total. The van der Waals surface area contributed by atoms with Crippen LogP contribution < -0.4 is 9.64 Å². The monoisotopic (exact) mass is 418 g/mol. The number of carbonyl (C=O) groups is 1. The lowest BCUT2D eigenvalue weighted by atomic mass is 10.2. The minimum atomic E-state index is -0.00102. The molecule has 5 rings (SSSR count). The van der Waals surface area contributed by atoms with Crippen molar-refractivity contribution in [2.75, 3.05) is 38.2 Å². The number of para-hydroxylation sites is 1. The van der Waals surface area contributed by atoms with Gasteiger partial charge in [0.25, 0.3) is 5.91 Å². The summed E-state index contributed by atoms with van der Waals surface area (Å²) in [6.45, 7) is 2.93. The van der Waals surface area contributed by atoms with E-state index in [-0.39, 0.29) is 5.91 Å². The SMILES string of the molecule is COc1cccc(N2CCN(C(=O)c3csc(-c4cc5ccccc5[nH]4)n3)CC2)c1. The lowest BCUT2D eigenvalue weighted by molar-refractivity contribution is 0.0741. The third-order valence-electron chi connectivity index (χ3n) is 5.47. The molecular weight excluding hydrogens is 396 g/mol. The number of anilines is 1. The van der Waals surface area contributed by atoms with Gasteiger partial charge in [0.05, 0.1) is 12.8 Å². The van der Waals surface area contributed by atoms with E-state index in [1.165, 1.54) is 11.3 Å². The molecule has 1 aliphatic heterocycles. The maximum atomic E-state index is 13.0. The molecule has 2 aromatic carbocycles. The van der Waals surface area contributed by atoms with Crippen LogP contribution in [0.25, 0.3) is 21.6 Å². The molecular formula is C23H22N4O2S. The van der Waals surface area contributed by atoms with Crippen molar-refractivity contribution < 1.29 is 9.53 Å². The first-order valence-electron chi connectivity index (χ1n) is 9.93. The normalized spacial score (nSPS) is 14.3. The zero-order valence-corrected chi connectivity index (χ0v) is 17.5. The lowest BCUT2D eigenvalue weighted by Crippen LogP contribution is -2.48. The average Bonchev–Trinajstić information content (AvgIpc) is 3.46. The number of nitrogens with one attached hydrogen (secondary N) is 1. The van der Waals surface area contributed by atoms with Crippen molar-refractivity contribution in [2.45, 2.75) is 0 Å². The molecule has 0 aliphatic carbocycles. The Balaban J connectivity index is 1.27. The van der Waals surface area contributed by atoms with E-state index in [1.807, 2.05) is 46.7 Å². The average molecular weight is 419 g/mol. The minimum Gasteiger partial charge on any atom is -0.497 e. The molecule has 4 aromatic rings. The van der Waals surface area contributed by atoms with E-state index in [0.29, 0.717) is 18.8 Å². The number of hydrogen-bond acceptors (Lipinski definition) is 5. The Labute approximate surface area is 178 Å². The summed E-state index contributed by atoms with van der Waals surface area (Å²) in [7, 11) is 1.67. The molecule has 0 saturated carbocycles. The largest absolute Gasteiger partial charge is 0.497 e. The van der Waals surface area contributed by atoms with Gasteiger partial charge >= 0.3 is 0 Å². The van der Waals surface area contributed by atoms with Crippen LogP contribution in [-0.4, -0.2) is 54.1 Å². The number of benzene rings is 2. The van der Waals surface area contributed by atoms with E-state index in [9.17, 15) is 4.79 Å².